The molecule has 0 radical (unpaired) electrons. The van der Waals surface area contributed by atoms with Crippen molar-refractivity contribution in [2.45, 2.75) is 32.4 Å². The van der Waals surface area contributed by atoms with Gasteiger partial charge in [-0.05, 0) is 43.0 Å². The Bertz CT molecular complexity index is 565. The van der Waals surface area contributed by atoms with E-state index in [1.54, 1.807) is 11.3 Å². The maximum Gasteiger partial charge on any atom is 0.124 e. The standard InChI is InChI=1S/C14H16N2OS/c1-9-16-7-12(18-9)8-17-11-3-4-13-10(6-11)2-5-14(13)15/h3-4,6-7,14H,2,5,8,15H2,1H3/t14-/m0/s1. The summed E-state index contributed by atoms with van der Waals surface area (Å²) < 4.78 is 5.80. The second-order valence-corrected chi connectivity index (χ2v) is 5.96. The van der Waals surface area contributed by atoms with Gasteiger partial charge in [0.1, 0.15) is 12.4 Å². The molecule has 1 atom stereocenters. The van der Waals surface area contributed by atoms with Crippen molar-refractivity contribution in [3.05, 3.63) is 45.4 Å². The van der Waals surface area contributed by atoms with E-state index in [4.69, 9.17) is 10.5 Å². The number of hydrogen-bond donors (Lipinski definition) is 1. The summed E-state index contributed by atoms with van der Waals surface area (Å²) in [7, 11) is 0. The number of aromatic nitrogens is 1. The molecular weight excluding hydrogens is 244 g/mol. The van der Waals surface area contributed by atoms with Crippen LogP contribution in [0.2, 0.25) is 0 Å². The normalized spacial score (nSPS) is 17.8. The Hall–Kier alpha value is -1.39. The molecule has 94 valence electrons. The van der Waals surface area contributed by atoms with Gasteiger partial charge in [0.15, 0.2) is 0 Å². The summed E-state index contributed by atoms with van der Waals surface area (Å²) in [6.07, 6.45) is 3.99. The lowest BCUT2D eigenvalue weighted by atomic mass is 10.1. The summed E-state index contributed by atoms with van der Waals surface area (Å²) in [5, 5.41) is 1.08. The van der Waals surface area contributed by atoms with E-state index >= 15 is 0 Å². The number of hydrogen-bond acceptors (Lipinski definition) is 4. The van der Waals surface area contributed by atoms with Gasteiger partial charge in [-0.25, -0.2) is 4.98 Å². The number of aryl methyl sites for hydroxylation is 2. The first-order chi connectivity index (χ1) is 8.72. The Labute approximate surface area is 111 Å². The predicted octanol–water partition coefficient (Wildman–Crippen LogP) is 2.98. The van der Waals surface area contributed by atoms with Gasteiger partial charge < -0.3 is 10.5 Å². The molecule has 3 nitrogen and oxygen atoms in total. The zero-order chi connectivity index (χ0) is 12.5. The molecule has 3 rings (SSSR count). The van der Waals surface area contributed by atoms with Crippen molar-refractivity contribution >= 4 is 11.3 Å². The molecule has 1 aliphatic carbocycles. The highest BCUT2D eigenvalue weighted by Crippen LogP contribution is 2.32. The average molecular weight is 260 g/mol. The molecule has 0 spiro atoms. The van der Waals surface area contributed by atoms with Crippen molar-refractivity contribution in [3.8, 4) is 5.75 Å². The summed E-state index contributed by atoms with van der Waals surface area (Å²) in [6, 6.07) is 6.44. The van der Waals surface area contributed by atoms with Gasteiger partial charge in [0, 0.05) is 12.2 Å². The first-order valence-corrected chi connectivity index (χ1v) is 6.96. The van der Waals surface area contributed by atoms with Crippen LogP contribution in [0.25, 0.3) is 0 Å². The summed E-state index contributed by atoms with van der Waals surface area (Å²) in [5.74, 6) is 0.925. The summed E-state index contributed by atoms with van der Waals surface area (Å²) in [6.45, 7) is 2.60. The Kier molecular flexibility index (Phi) is 3.06. The van der Waals surface area contributed by atoms with E-state index in [9.17, 15) is 0 Å². The minimum atomic E-state index is 0.207. The van der Waals surface area contributed by atoms with E-state index in [1.165, 1.54) is 11.1 Å². The van der Waals surface area contributed by atoms with E-state index in [0.717, 1.165) is 28.5 Å². The van der Waals surface area contributed by atoms with E-state index in [2.05, 4.69) is 17.1 Å². The maximum atomic E-state index is 6.02. The third-order valence-electron chi connectivity index (χ3n) is 3.29. The van der Waals surface area contributed by atoms with Crippen LogP contribution in [0.5, 0.6) is 5.75 Å². The first kappa shape index (κ1) is 11.7. The topological polar surface area (TPSA) is 48.1 Å². The number of rotatable bonds is 3. The summed E-state index contributed by atoms with van der Waals surface area (Å²) >= 11 is 1.68. The lowest BCUT2D eigenvalue weighted by Gasteiger charge is -2.08. The molecule has 1 aliphatic rings. The third kappa shape index (κ3) is 2.26. The van der Waals surface area contributed by atoms with Gasteiger partial charge in [0.2, 0.25) is 0 Å². The number of fused-ring (bicyclic) bond motifs is 1. The second-order valence-electron chi connectivity index (χ2n) is 4.64. The highest BCUT2D eigenvalue weighted by Gasteiger charge is 2.19. The molecule has 0 amide bonds. The molecule has 18 heavy (non-hydrogen) atoms. The smallest absolute Gasteiger partial charge is 0.124 e. The number of nitrogens with zero attached hydrogens (tertiary/aromatic N) is 1. The van der Waals surface area contributed by atoms with Crippen LogP contribution in [0.15, 0.2) is 24.4 Å². The Balaban J connectivity index is 1.70. The van der Waals surface area contributed by atoms with Crippen LogP contribution in [0, 0.1) is 6.92 Å². The summed E-state index contributed by atoms with van der Waals surface area (Å²) in [5.41, 5.74) is 8.62. The molecule has 1 heterocycles. The Morgan fingerprint density at radius 2 is 2.39 bits per heavy atom. The quantitative estimate of drug-likeness (QED) is 0.923. The van der Waals surface area contributed by atoms with Gasteiger partial charge in [-0.2, -0.15) is 0 Å². The fraction of sp³-hybridized carbons (Fsp3) is 0.357. The first-order valence-electron chi connectivity index (χ1n) is 6.15. The van der Waals surface area contributed by atoms with E-state index in [1.807, 2.05) is 19.2 Å². The van der Waals surface area contributed by atoms with E-state index in [0.29, 0.717) is 6.61 Å². The van der Waals surface area contributed by atoms with Crippen molar-refractivity contribution in [2.75, 3.05) is 0 Å². The molecule has 0 bridgehead atoms. The lowest BCUT2D eigenvalue weighted by molar-refractivity contribution is 0.309. The minimum absolute atomic E-state index is 0.207. The minimum Gasteiger partial charge on any atom is -0.488 e. The van der Waals surface area contributed by atoms with Crippen LogP contribution in [0.4, 0.5) is 0 Å². The number of thiazole rings is 1. The van der Waals surface area contributed by atoms with Gasteiger partial charge in [-0.3, -0.25) is 0 Å². The molecule has 2 N–H and O–H groups in total. The van der Waals surface area contributed by atoms with Crippen molar-refractivity contribution in [1.82, 2.24) is 4.98 Å². The SMILES string of the molecule is Cc1ncc(COc2ccc3c(c2)CC[C@@H]3N)s1. The van der Waals surface area contributed by atoms with Crippen molar-refractivity contribution < 1.29 is 4.74 Å². The highest BCUT2D eigenvalue weighted by atomic mass is 32.1. The van der Waals surface area contributed by atoms with Crippen LogP contribution >= 0.6 is 11.3 Å². The molecular formula is C14H16N2OS. The second kappa shape index (κ2) is 4.71. The highest BCUT2D eigenvalue weighted by molar-refractivity contribution is 7.11. The molecule has 0 fully saturated rings. The monoisotopic (exact) mass is 260 g/mol. The van der Waals surface area contributed by atoms with Gasteiger partial charge in [-0.1, -0.05) is 6.07 Å². The Morgan fingerprint density at radius 3 is 3.17 bits per heavy atom. The van der Waals surface area contributed by atoms with Crippen LogP contribution in [-0.4, -0.2) is 4.98 Å². The third-order valence-corrected chi connectivity index (χ3v) is 4.18. The van der Waals surface area contributed by atoms with Crippen molar-refractivity contribution in [2.24, 2.45) is 5.73 Å². The molecule has 2 aromatic rings. The number of nitrogens with two attached hydrogens (primary N) is 1. The number of benzene rings is 1. The lowest BCUT2D eigenvalue weighted by Crippen LogP contribution is -2.04. The van der Waals surface area contributed by atoms with E-state index in [-0.39, 0.29) is 6.04 Å². The van der Waals surface area contributed by atoms with Gasteiger partial charge in [0.05, 0.1) is 9.88 Å². The Morgan fingerprint density at radius 1 is 1.50 bits per heavy atom. The fourth-order valence-corrected chi connectivity index (χ4v) is 3.05. The largest absolute Gasteiger partial charge is 0.488 e. The van der Waals surface area contributed by atoms with Gasteiger partial charge >= 0.3 is 0 Å². The molecule has 0 saturated heterocycles. The van der Waals surface area contributed by atoms with Crippen molar-refractivity contribution in [3.63, 3.8) is 0 Å². The zero-order valence-electron chi connectivity index (χ0n) is 10.3. The van der Waals surface area contributed by atoms with Crippen LogP contribution in [-0.2, 0) is 13.0 Å². The fourth-order valence-electron chi connectivity index (χ4n) is 2.34. The number of ether oxygens (including phenoxy) is 1. The van der Waals surface area contributed by atoms with E-state index < -0.39 is 0 Å². The van der Waals surface area contributed by atoms with Crippen LogP contribution in [0.3, 0.4) is 0 Å². The molecule has 1 aromatic heterocycles. The van der Waals surface area contributed by atoms with Crippen molar-refractivity contribution in [1.29, 1.82) is 0 Å². The van der Waals surface area contributed by atoms with Crippen LogP contribution < -0.4 is 10.5 Å². The molecule has 0 unspecified atom stereocenters. The van der Waals surface area contributed by atoms with Gasteiger partial charge in [0.25, 0.3) is 0 Å². The van der Waals surface area contributed by atoms with Crippen LogP contribution in [0.1, 0.15) is 33.5 Å². The molecule has 0 aliphatic heterocycles. The average Bonchev–Trinajstić information content (AvgIpc) is 2.94. The zero-order valence-corrected chi connectivity index (χ0v) is 11.2. The molecule has 4 heteroatoms. The van der Waals surface area contributed by atoms with Gasteiger partial charge in [-0.15, -0.1) is 11.3 Å². The summed E-state index contributed by atoms with van der Waals surface area (Å²) in [4.78, 5) is 5.38. The molecule has 1 aromatic carbocycles. The maximum absolute atomic E-state index is 6.02. The molecule has 0 saturated carbocycles. The predicted molar refractivity (Wildman–Crippen MR) is 72.9 cm³/mol.